The van der Waals surface area contributed by atoms with Crippen LogP contribution in [0.25, 0.3) is 0 Å². The minimum absolute atomic E-state index is 0.113. The van der Waals surface area contributed by atoms with Crippen LogP contribution in [0.2, 0.25) is 0 Å². The molecule has 0 saturated heterocycles. The Kier molecular flexibility index (Phi) is 4.87. The highest BCUT2D eigenvalue weighted by atomic mass is 127. The van der Waals surface area contributed by atoms with Gasteiger partial charge in [-0.3, -0.25) is 4.98 Å². The van der Waals surface area contributed by atoms with Crippen molar-refractivity contribution in [1.82, 2.24) is 10.3 Å². The second kappa shape index (κ2) is 6.43. The summed E-state index contributed by atoms with van der Waals surface area (Å²) in [6, 6.07) is 10.9. The van der Waals surface area contributed by atoms with Crippen LogP contribution in [0.4, 0.5) is 4.39 Å². The molecule has 100 valence electrons. The lowest BCUT2D eigenvalue weighted by molar-refractivity contribution is 0.496. The normalized spacial score (nSPS) is 14.1. The first kappa shape index (κ1) is 14.4. The van der Waals surface area contributed by atoms with Gasteiger partial charge < -0.3 is 5.32 Å². The van der Waals surface area contributed by atoms with Gasteiger partial charge in [-0.15, -0.1) is 0 Å². The first-order valence-electron chi connectivity index (χ1n) is 6.16. The Bertz CT molecular complexity index is 545. The lowest BCUT2D eigenvalue weighted by Gasteiger charge is -2.24. The number of aromatic nitrogens is 1. The summed E-state index contributed by atoms with van der Waals surface area (Å²) in [4.78, 5) is 4.40. The maximum Gasteiger partial charge on any atom is 0.124 e. The fourth-order valence-electron chi connectivity index (χ4n) is 2.24. The van der Waals surface area contributed by atoms with Crippen molar-refractivity contribution in [3.05, 3.63) is 63.2 Å². The zero-order valence-corrected chi connectivity index (χ0v) is 13.1. The molecule has 1 aromatic heterocycles. The van der Waals surface area contributed by atoms with Gasteiger partial charge in [0.25, 0.3) is 0 Å². The SMILES string of the molecule is CNC(c1ccc(F)cc1I)C(C)c1ccccn1. The summed E-state index contributed by atoms with van der Waals surface area (Å²) in [6.07, 6.45) is 1.80. The van der Waals surface area contributed by atoms with Crippen LogP contribution in [0, 0.1) is 9.39 Å². The molecule has 2 nitrogen and oxygen atoms in total. The molecule has 2 rings (SSSR count). The van der Waals surface area contributed by atoms with Crippen LogP contribution < -0.4 is 5.32 Å². The molecule has 0 bridgehead atoms. The maximum absolute atomic E-state index is 13.2. The van der Waals surface area contributed by atoms with Crippen molar-refractivity contribution in [3.8, 4) is 0 Å². The molecule has 2 unspecified atom stereocenters. The molecule has 0 aliphatic carbocycles. The smallest absolute Gasteiger partial charge is 0.124 e. The van der Waals surface area contributed by atoms with Gasteiger partial charge in [-0.1, -0.05) is 19.1 Å². The fourth-order valence-corrected chi connectivity index (χ4v) is 3.06. The van der Waals surface area contributed by atoms with Crippen molar-refractivity contribution < 1.29 is 4.39 Å². The standard InChI is InChI=1S/C15H16FIN2/c1-10(14-5-3-4-8-19-14)15(18-2)12-7-6-11(16)9-13(12)17/h3-10,15,18H,1-2H3. The second-order valence-corrected chi connectivity index (χ2v) is 5.64. The Morgan fingerprint density at radius 1 is 1.26 bits per heavy atom. The molecule has 2 aromatic rings. The van der Waals surface area contributed by atoms with E-state index in [1.165, 1.54) is 6.07 Å². The zero-order valence-electron chi connectivity index (χ0n) is 10.9. The number of pyridine rings is 1. The highest BCUT2D eigenvalue weighted by molar-refractivity contribution is 14.1. The molecular formula is C15H16FIN2. The molecule has 19 heavy (non-hydrogen) atoms. The minimum atomic E-state index is -0.200. The van der Waals surface area contributed by atoms with E-state index in [1.807, 2.05) is 31.3 Å². The van der Waals surface area contributed by atoms with Crippen molar-refractivity contribution in [2.45, 2.75) is 18.9 Å². The maximum atomic E-state index is 13.2. The number of hydrogen-bond donors (Lipinski definition) is 1. The summed E-state index contributed by atoms with van der Waals surface area (Å²) >= 11 is 2.18. The first-order chi connectivity index (χ1) is 9.13. The van der Waals surface area contributed by atoms with Gasteiger partial charge in [0.2, 0.25) is 0 Å². The summed E-state index contributed by atoms with van der Waals surface area (Å²) < 4.78 is 14.1. The number of nitrogens with zero attached hydrogens (tertiary/aromatic N) is 1. The number of nitrogens with one attached hydrogen (secondary N) is 1. The number of hydrogen-bond acceptors (Lipinski definition) is 2. The van der Waals surface area contributed by atoms with Gasteiger partial charge in [0.1, 0.15) is 5.82 Å². The van der Waals surface area contributed by atoms with E-state index in [2.05, 4.69) is 39.8 Å². The summed E-state index contributed by atoms with van der Waals surface area (Å²) in [6.45, 7) is 2.13. The van der Waals surface area contributed by atoms with Gasteiger partial charge in [-0.25, -0.2) is 4.39 Å². The lowest BCUT2D eigenvalue weighted by atomic mass is 9.91. The molecule has 0 aliphatic rings. The highest BCUT2D eigenvalue weighted by Gasteiger charge is 2.22. The predicted octanol–water partition coefficient (Wildman–Crippen LogP) is 3.89. The van der Waals surface area contributed by atoms with Crippen LogP contribution in [0.3, 0.4) is 0 Å². The first-order valence-corrected chi connectivity index (χ1v) is 7.24. The number of benzene rings is 1. The summed E-state index contributed by atoms with van der Waals surface area (Å²) in [5, 5.41) is 3.31. The summed E-state index contributed by atoms with van der Waals surface area (Å²) in [5.74, 6) is 0.0127. The van der Waals surface area contributed by atoms with E-state index in [1.54, 1.807) is 12.3 Å². The molecule has 0 amide bonds. The third-order valence-electron chi connectivity index (χ3n) is 3.26. The monoisotopic (exact) mass is 370 g/mol. The molecule has 4 heteroatoms. The van der Waals surface area contributed by atoms with Gasteiger partial charge in [0.05, 0.1) is 0 Å². The molecule has 1 heterocycles. The Balaban J connectivity index is 2.34. The van der Waals surface area contributed by atoms with Crippen LogP contribution in [0.1, 0.15) is 30.1 Å². The summed E-state index contributed by atoms with van der Waals surface area (Å²) in [7, 11) is 1.92. The van der Waals surface area contributed by atoms with E-state index in [0.29, 0.717) is 0 Å². The molecule has 0 fully saturated rings. The fraction of sp³-hybridized carbons (Fsp3) is 0.267. The Labute approximate surface area is 126 Å². The van der Waals surface area contributed by atoms with Crippen molar-refractivity contribution >= 4 is 22.6 Å². The highest BCUT2D eigenvalue weighted by Crippen LogP contribution is 2.32. The van der Waals surface area contributed by atoms with Crippen LogP contribution >= 0.6 is 22.6 Å². The third kappa shape index (κ3) is 3.30. The van der Waals surface area contributed by atoms with Gasteiger partial charge in [0.15, 0.2) is 0 Å². The summed E-state index contributed by atoms with van der Waals surface area (Å²) in [5.41, 5.74) is 2.13. The van der Waals surface area contributed by atoms with Crippen LogP contribution in [-0.2, 0) is 0 Å². The predicted molar refractivity (Wildman–Crippen MR) is 83.6 cm³/mol. The number of halogens is 2. The van der Waals surface area contributed by atoms with Crippen LogP contribution in [-0.4, -0.2) is 12.0 Å². The van der Waals surface area contributed by atoms with Crippen molar-refractivity contribution in [3.63, 3.8) is 0 Å². The van der Waals surface area contributed by atoms with E-state index >= 15 is 0 Å². The van der Waals surface area contributed by atoms with Gasteiger partial charge in [0, 0.05) is 27.4 Å². The van der Waals surface area contributed by atoms with Gasteiger partial charge >= 0.3 is 0 Å². The van der Waals surface area contributed by atoms with Gasteiger partial charge in [-0.05, 0) is 59.5 Å². The Hall–Kier alpha value is -1.01. The zero-order chi connectivity index (χ0) is 13.8. The van der Waals surface area contributed by atoms with Crippen LogP contribution in [0.15, 0.2) is 42.6 Å². The quantitative estimate of drug-likeness (QED) is 0.827. The van der Waals surface area contributed by atoms with Crippen molar-refractivity contribution in [2.24, 2.45) is 0 Å². The largest absolute Gasteiger partial charge is 0.312 e. The molecule has 0 radical (unpaired) electrons. The average molecular weight is 370 g/mol. The minimum Gasteiger partial charge on any atom is -0.312 e. The van der Waals surface area contributed by atoms with E-state index in [9.17, 15) is 4.39 Å². The van der Waals surface area contributed by atoms with Crippen molar-refractivity contribution in [1.29, 1.82) is 0 Å². The van der Waals surface area contributed by atoms with E-state index in [4.69, 9.17) is 0 Å². The molecule has 0 saturated carbocycles. The Morgan fingerprint density at radius 2 is 2.05 bits per heavy atom. The number of likely N-dealkylation sites (N-methyl/N-ethyl adjacent to an activating group) is 1. The van der Waals surface area contributed by atoms with E-state index in [-0.39, 0.29) is 17.8 Å². The van der Waals surface area contributed by atoms with Gasteiger partial charge in [-0.2, -0.15) is 0 Å². The van der Waals surface area contributed by atoms with E-state index in [0.717, 1.165) is 14.8 Å². The Morgan fingerprint density at radius 3 is 2.63 bits per heavy atom. The van der Waals surface area contributed by atoms with Crippen LogP contribution in [0.5, 0.6) is 0 Å². The third-order valence-corrected chi connectivity index (χ3v) is 4.20. The second-order valence-electron chi connectivity index (χ2n) is 4.48. The molecule has 2 atom stereocenters. The average Bonchev–Trinajstić information content (AvgIpc) is 2.42. The van der Waals surface area contributed by atoms with Crippen molar-refractivity contribution in [2.75, 3.05) is 7.05 Å². The lowest BCUT2D eigenvalue weighted by Crippen LogP contribution is -2.23. The topological polar surface area (TPSA) is 24.9 Å². The molecule has 0 spiro atoms. The van der Waals surface area contributed by atoms with E-state index < -0.39 is 0 Å². The molecule has 1 N–H and O–H groups in total. The molecular weight excluding hydrogens is 354 g/mol. The molecule has 1 aromatic carbocycles. The molecule has 0 aliphatic heterocycles. The number of rotatable bonds is 4.